The van der Waals surface area contributed by atoms with E-state index in [1.165, 1.54) is 0 Å². The van der Waals surface area contributed by atoms with Crippen molar-refractivity contribution in [1.29, 1.82) is 0 Å². The van der Waals surface area contributed by atoms with Crippen LogP contribution in [0.25, 0.3) is 0 Å². The predicted octanol–water partition coefficient (Wildman–Crippen LogP) is 3.23. The van der Waals surface area contributed by atoms with Gasteiger partial charge in [0.25, 0.3) is 5.91 Å². The Morgan fingerprint density at radius 1 is 1.26 bits per heavy atom. The molecule has 104 valence electrons. The quantitative estimate of drug-likeness (QED) is 0.612. The normalized spacial score (nSPS) is 11.5. The van der Waals surface area contributed by atoms with Gasteiger partial charge in [-0.2, -0.15) is 0 Å². The summed E-state index contributed by atoms with van der Waals surface area (Å²) in [5.74, 6) is -0.0416. The van der Waals surface area contributed by atoms with Crippen molar-refractivity contribution in [2.75, 3.05) is 6.17 Å². The summed E-state index contributed by atoms with van der Waals surface area (Å²) in [5.41, 5.74) is 0.971. The van der Waals surface area contributed by atoms with Gasteiger partial charge in [-0.25, -0.2) is 0 Å². The first-order valence-corrected chi connectivity index (χ1v) is 10.3. The first-order valence-electron chi connectivity index (χ1n) is 6.61. The second-order valence-electron chi connectivity index (χ2n) is 6.29. The maximum absolute atomic E-state index is 12.6. The maximum Gasteiger partial charge on any atom is 0.254 e. The molecule has 0 spiro atoms. The van der Waals surface area contributed by atoms with Gasteiger partial charge >= 0.3 is 0 Å². The number of carbonyl (C=O) groups is 2. The molecule has 0 aliphatic heterocycles. The van der Waals surface area contributed by atoms with Crippen molar-refractivity contribution < 1.29 is 9.59 Å². The van der Waals surface area contributed by atoms with Crippen LogP contribution in [0.5, 0.6) is 0 Å². The van der Waals surface area contributed by atoms with Crippen LogP contribution in [0.15, 0.2) is 24.3 Å². The molecule has 0 aromatic heterocycles. The Labute approximate surface area is 116 Å². The lowest BCUT2D eigenvalue weighted by molar-refractivity contribution is 0.0733. The fourth-order valence-corrected chi connectivity index (χ4v) is 3.48. The molecule has 0 fully saturated rings. The Morgan fingerprint density at radius 2 is 1.84 bits per heavy atom. The van der Waals surface area contributed by atoms with E-state index in [0.29, 0.717) is 11.1 Å². The fourth-order valence-electron chi connectivity index (χ4n) is 1.95. The molecule has 19 heavy (non-hydrogen) atoms. The maximum atomic E-state index is 12.6. The molecule has 0 unspecified atom stereocenters. The average molecular weight is 277 g/mol. The monoisotopic (exact) mass is 277 g/mol. The average Bonchev–Trinajstić information content (AvgIpc) is 2.33. The van der Waals surface area contributed by atoms with Gasteiger partial charge in [-0.1, -0.05) is 37.8 Å². The first-order chi connectivity index (χ1) is 8.76. The van der Waals surface area contributed by atoms with E-state index < -0.39 is 8.07 Å². The number of rotatable bonds is 5. The van der Waals surface area contributed by atoms with Crippen molar-refractivity contribution >= 4 is 20.3 Å². The topological polar surface area (TPSA) is 37.4 Å². The van der Waals surface area contributed by atoms with Crippen LogP contribution >= 0.6 is 0 Å². The lowest BCUT2D eigenvalue weighted by Crippen LogP contribution is -2.47. The lowest BCUT2D eigenvalue weighted by atomic mass is 10.1. The summed E-state index contributed by atoms with van der Waals surface area (Å²) in [6.45, 7) is 10.7. The number of hydrogen-bond acceptors (Lipinski definition) is 2. The van der Waals surface area contributed by atoms with Gasteiger partial charge < -0.3 is 4.90 Å². The van der Waals surface area contributed by atoms with Gasteiger partial charge in [0, 0.05) is 17.8 Å². The molecular weight excluding hydrogens is 254 g/mol. The van der Waals surface area contributed by atoms with Crippen LogP contribution in [0.3, 0.4) is 0 Å². The van der Waals surface area contributed by atoms with Gasteiger partial charge in [-0.3, -0.25) is 9.59 Å². The van der Waals surface area contributed by atoms with Crippen LogP contribution < -0.4 is 0 Å². The fraction of sp³-hybridized carbons (Fsp3) is 0.467. The summed E-state index contributed by atoms with van der Waals surface area (Å²) in [5, 5.41) is 0. The molecule has 0 aliphatic carbocycles. The number of carbonyl (C=O) groups excluding carboxylic acids is 2. The molecule has 1 rings (SSSR count). The zero-order valence-electron chi connectivity index (χ0n) is 12.4. The third-order valence-electron chi connectivity index (χ3n) is 2.85. The van der Waals surface area contributed by atoms with E-state index in [4.69, 9.17) is 0 Å². The van der Waals surface area contributed by atoms with E-state index in [-0.39, 0.29) is 11.9 Å². The molecule has 1 amide bonds. The molecule has 1 aromatic rings. The molecule has 1 aromatic carbocycles. The van der Waals surface area contributed by atoms with Gasteiger partial charge in [-0.05, 0) is 19.9 Å². The third kappa shape index (κ3) is 4.31. The van der Waals surface area contributed by atoms with Crippen LogP contribution in [0.1, 0.15) is 34.6 Å². The summed E-state index contributed by atoms with van der Waals surface area (Å²) in [6, 6.07) is 7.13. The Bertz CT molecular complexity index is 463. The predicted molar refractivity (Wildman–Crippen MR) is 81.3 cm³/mol. The van der Waals surface area contributed by atoms with Crippen molar-refractivity contribution in [1.82, 2.24) is 4.90 Å². The zero-order valence-corrected chi connectivity index (χ0v) is 13.4. The minimum atomic E-state index is -1.39. The van der Waals surface area contributed by atoms with Crippen molar-refractivity contribution in [2.45, 2.75) is 39.5 Å². The van der Waals surface area contributed by atoms with Crippen LogP contribution in [0.4, 0.5) is 0 Å². The van der Waals surface area contributed by atoms with E-state index in [9.17, 15) is 9.59 Å². The van der Waals surface area contributed by atoms with E-state index in [1.807, 2.05) is 18.7 Å². The Kier molecular flexibility index (Phi) is 5.06. The number of nitrogens with zero attached hydrogens (tertiary/aromatic N) is 1. The molecule has 0 aliphatic rings. The highest BCUT2D eigenvalue weighted by Gasteiger charge is 2.26. The molecule has 4 heteroatoms. The van der Waals surface area contributed by atoms with Gasteiger partial charge in [0.1, 0.15) is 0 Å². The summed E-state index contributed by atoms with van der Waals surface area (Å²) in [6.07, 6.45) is 1.55. The smallest absolute Gasteiger partial charge is 0.254 e. The molecule has 0 saturated heterocycles. The SMILES string of the molecule is CC(C)N(C[Si](C)(C)C)C(=O)c1ccccc1C=O. The van der Waals surface area contributed by atoms with E-state index in [0.717, 1.165) is 12.5 Å². The highest BCUT2D eigenvalue weighted by molar-refractivity contribution is 6.76. The van der Waals surface area contributed by atoms with Crippen LogP contribution in [0.2, 0.25) is 19.6 Å². The Balaban J connectivity index is 3.10. The summed E-state index contributed by atoms with van der Waals surface area (Å²) in [4.78, 5) is 25.6. The standard InChI is InChI=1S/C15H23NO2Si/c1-12(2)16(11-19(3,4)5)15(18)14-9-7-6-8-13(14)10-17/h6-10,12H,11H2,1-5H3. The molecule has 0 atom stereocenters. The molecule has 0 bridgehead atoms. The van der Waals surface area contributed by atoms with Gasteiger partial charge in [0.05, 0.1) is 13.6 Å². The molecule has 0 radical (unpaired) electrons. The Morgan fingerprint density at radius 3 is 2.32 bits per heavy atom. The van der Waals surface area contributed by atoms with Crippen LogP contribution in [-0.2, 0) is 0 Å². The summed E-state index contributed by atoms with van der Waals surface area (Å²) < 4.78 is 0. The lowest BCUT2D eigenvalue weighted by Gasteiger charge is -2.32. The van der Waals surface area contributed by atoms with Crippen molar-refractivity contribution in [3.05, 3.63) is 35.4 Å². The highest BCUT2D eigenvalue weighted by atomic mass is 28.3. The highest BCUT2D eigenvalue weighted by Crippen LogP contribution is 2.15. The zero-order chi connectivity index (χ0) is 14.6. The van der Waals surface area contributed by atoms with Gasteiger partial charge in [0.15, 0.2) is 6.29 Å². The van der Waals surface area contributed by atoms with E-state index in [1.54, 1.807) is 24.3 Å². The van der Waals surface area contributed by atoms with Crippen molar-refractivity contribution in [3.63, 3.8) is 0 Å². The number of benzene rings is 1. The minimum Gasteiger partial charge on any atom is -0.339 e. The van der Waals surface area contributed by atoms with Crippen molar-refractivity contribution in [2.24, 2.45) is 0 Å². The largest absolute Gasteiger partial charge is 0.339 e. The second-order valence-corrected chi connectivity index (χ2v) is 11.7. The van der Waals surface area contributed by atoms with Gasteiger partial charge in [0.2, 0.25) is 0 Å². The molecule has 3 nitrogen and oxygen atoms in total. The second kappa shape index (κ2) is 6.15. The number of amides is 1. The first kappa shape index (κ1) is 15.6. The van der Waals surface area contributed by atoms with E-state index >= 15 is 0 Å². The number of hydrogen-bond donors (Lipinski definition) is 0. The summed E-state index contributed by atoms with van der Waals surface area (Å²) in [7, 11) is -1.39. The molecule has 0 N–H and O–H groups in total. The molecule has 0 heterocycles. The van der Waals surface area contributed by atoms with Crippen molar-refractivity contribution in [3.8, 4) is 0 Å². The minimum absolute atomic E-state index is 0.0416. The van der Waals surface area contributed by atoms with Crippen LogP contribution in [-0.4, -0.2) is 37.4 Å². The van der Waals surface area contributed by atoms with Gasteiger partial charge in [-0.15, -0.1) is 0 Å². The van der Waals surface area contributed by atoms with E-state index in [2.05, 4.69) is 19.6 Å². The summed E-state index contributed by atoms with van der Waals surface area (Å²) >= 11 is 0. The third-order valence-corrected chi connectivity index (χ3v) is 4.14. The molecular formula is C15H23NO2Si. The molecule has 0 saturated carbocycles. The van der Waals surface area contributed by atoms with Crippen LogP contribution in [0, 0.1) is 0 Å². The Hall–Kier alpha value is -1.42. The number of aldehydes is 1.